The molecule has 0 fully saturated rings. The Bertz CT molecular complexity index is 686. The molecule has 0 radical (unpaired) electrons. The van der Waals surface area contributed by atoms with Crippen molar-refractivity contribution in [1.82, 2.24) is 5.32 Å². The third kappa shape index (κ3) is 3.78. The molecular formula is C19H25NO5. The first-order valence-corrected chi connectivity index (χ1v) is 8.55. The van der Waals surface area contributed by atoms with E-state index in [1.807, 2.05) is 13.0 Å². The molecule has 2 rings (SSSR count). The summed E-state index contributed by atoms with van der Waals surface area (Å²) < 4.78 is 16.3. The number of carbonyl (C=O) groups excluding carboxylic acids is 2. The van der Waals surface area contributed by atoms with Crippen LogP contribution < -0.4 is 5.32 Å². The van der Waals surface area contributed by atoms with Gasteiger partial charge in [0, 0.05) is 17.8 Å². The number of dihydropyridines is 1. The molecule has 0 saturated heterocycles. The van der Waals surface area contributed by atoms with Crippen molar-refractivity contribution in [3.8, 4) is 0 Å². The largest absolute Gasteiger partial charge is 0.465 e. The molecule has 0 saturated carbocycles. The second-order valence-electron chi connectivity index (χ2n) is 5.73. The van der Waals surface area contributed by atoms with Crippen LogP contribution >= 0.6 is 0 Å². The Morgan fingerprint density at radius 3 is 1.92 bits per heavy atom. The summed E-state index contributed by atoms with van der Waals surface area (Å²) in [6, 6.07) is 3.65. The van der Waals surface area contributed by atoms with Gasteiger partial charge in [0.15, 0.2) is 0 Å². The average molecular weight is 347 g/mol. The lowest BCUT2D eigenvalue weighted by Crippen LogP contribution is -2.32. The van der Waals surface area contributed by atoms with Crippen molar-refractivity contribution in [3.63, 3.8) is 0 Å². The van der Waals surface area contributed by atoms with E-state index >= 15 is 0 Å². The number of nitrogens with one attached hydrogen (secondary N) is 1. The molecule has 6 nitrogen and oxygen atoms in total. The molecule has 2 heterocycles. The summed E-state index contributed by atoms with van der Waals surface area (Å²) in [7, 11) is 0. The molecule has 0 atom stereocenters. The van der Waals surface area contributed by atoms with Gasteiger partial charge < -0.3 is 19.2 Å². The first-order chi connectivity index (χ1) is 11.9. The third-order valence-corrected chi connectivity index (χ3v) is 4.07. The number of hydrogen-bond acceptors (Lipinski definition) is 6. The Labute approximate surface area is 147 Å². The lowest BCUT2D eigenvalue weighted by atomic mass is 9.83. The maximum atomic E-state index is 12.6. The van der Waals surface area contributed by atoms with Gasteiger partial charge in [-0.05, 0) is 39.8 Å². The van der Waals surface area contributed by atoms with E-state index in [1.54, 1.807) is 33.8 Å². The van der Waals surface area contributed by atoms with Crippen LogP contribution in [0.1, 0.15) is 52.1 Å². The van der Waals surface area contributed by atoms with E-state index in [2.05, 4.69) is 5.32 Å². The highest BCUT2D eigenvalue weighted by Crippen LogP contribution is 2.39. The molecular weight excluding hydrogens is 322 g/mol. The first kappa shape index (κ1) is 18.8. The van der Waals surface area contributed by atoms with Crippen LogP contribution in [-0.2, 0) is 25.5 Å². The number of allylic oxidation sites excluding steroid dienone is 2. The molecule has 0 bridgehead atoms. The van der Waals surface area contributed by atoms with Crippen LogP contribution in [0, 0.1) is 0 Å². The molecule has 1 aliphatic rings. The second kappa shape index (κ2) is 8.05. The lowest BCUT2D eigenvalue weighted by Gasteiger charge is -2.28. The van der Waals surface area contributed by atoms with Crippen molar-refractivity contribution in [2.75, 3.05) is 13.2 Å². The van der Waals surface area contributed by atoms with Crippen LogP contribution in [0.2, 0.25) is 0 Å². The van der Waals surface area contributed by atoms with Crippen molar-refractivity contribution in [1.29, 1.82) is 0 Å². The van der Waals surface area contributed by atoms with Crippen molar-refractivity contribution in [2.45, 2.75) is 47.0 Å². The van der Waals surface area contributed by atoms with E-state index in [4.69, 9.17) is 13.9 Å². The fourth-order valence-corrected chi connectivity index (χ4v) is 2.98. The van der Waals surface area contributed by atoms with Gasteiger partial charge in [-0.2, -0.15) is 0 Å². The number of esters is 2. The summed E-state index contributed by atoms with van der Waals surface area (Å²) in [6.07, 6.45) is 0.722. The maximum Gasteiger partial charge on any atom is 0.336 e. The molecule has 0 spiro atoms. The van der Waals surface area contributed by atoms with Gasteiger partial charge in [0.2, 0.25) is 0 Å². The highest BCUT2D eigenvalue weighted by Gasteiger charge is 2.39. The van der Waals surface area contributed by atoms with Crippen LogP contribution in [0.15, 0.2) is 39.1 Å². The smallest absolute Gasteiger partial charge is 0.336 e. The van der Waals surface area contributed by atoms with Crippen LogP contribution in [0.5, 0.6) is 0 Å². The molecule has 0 aliphatic carbocycles. The molecule has 0 amide bonds. The predicted molar refractivity (Wildman–Crippen MR) is 92.6 cm³/mol. The Morgan fingerprint density at radius 1 is 1.00 bits per heavy atom. The number of furan rings is 1. The molecule has 1 N–H and O–H groups in total. The highest BCUT2D eigenvalue weighted by atomic mass is 16.5. The van der Waals surface area contributed by atoms with Gasteiger partial charge in [-0.1, -0.05) is 6.92 Å². The zero-order valence-corrected chi connectivity index (χ0v) is 15.4. The Kier molecular flexibility index (Phi) is 6.07. The standard InChI is InChI=1S/C19H25NO5/c1-6-13-9-10-14(25-13)17-15(18(21)23-7-2)11(4)20-12(5)16(17)19(22)24-8-3/h9-10,17,20H,6-8H2,1-5H3. The molecule has 0 unspecified atom stereocenters. The van der Waals surface area contributed by atoms with Crippen LogP contribution in [0.3, 0.4) is 0 Å². The van der Waals surface area contributed by atoms with Gasteiger partial charge >= 0.3 is 11.9 Å². The molecule has 0 aromatic carbocycles. The van der Waals surface area contributed by atoms with Crippen molar-refractivity contribution in [3.05, 3.63) is 46.2 Å². The third-order valence-electron chi connectivity index (χ3n) is 4.07. The van der Waals surface area contributed by atoms with Gasteiger partial charge in [0.1, 0.15) is 11.5 Å². The van der Waals surface area contributed by atoms with E-state index in [-0.39, 0.29) is 13.2 Å². The quantitative estimate of drug-likeness (QED) is 0.796. The summed E-state index contributed by atoms with van der Waals surface area (Å²) in [4.78, 5) is 25.1. The minimum atomic E-state index is -0.653. The summed E-state index contributed by atoms with van der Waals surface area (Å²) in [5.41, 5.74) is 2.02. The zero-order chi connectivity index (χ0) is 18.6. The number of rotatable bonds is 6. The minimum Gasteiger partial charge on any atom is -0.465 e. The normalized spacial score (nSPS) is 15.2. The average Bonchev–Trinajstić information content (AvgIpc) is 3.03. The van der Waals surface area contributed by atoms with E-state index in [1.165, 1.54) is 0 Å². The zero-order valence-electron chi connectivity index (χ0n) is 15.4. The lowest BCUT2D eigenvalue weighted by molar-refractivity contribution is -0.139. The van der Waals surface area contributed by atoms with Crippen molar-refractivity contribution >= 4 is 11.9 Å². The minimum absolute atomic E-state index is 0.248. The second-order valence-corrected chi connectivity index (χ2v) is 5.73. The Hall–Kier alpha value is -2.50. The fraction of sp³-hybridized carbons (Fsp3) is 0.474. The van der Waals surface area contributed by atoms with E-state index in [0.717, 1.165) is 12.2 Å². The van der Waals surface area contributed by atoms with E-state index < -0.39 is 17.9 Å². The van der Waals surface area contributed by atoms with Crippen molar-refractivity contribution < 1.29 is 23.5 Å². The monoisotopic (exact) mass is 347 g/mol. The molecule has 25 heavy (non-hydrogen) atoms. The summed E-state index contributed by atoms with van der Waals surface area (Å²) in [5, 5.41) is 3.09. The number of aryl methyl sites for hydroxylation is 1. The van der Waals surface area contributed by atoms with E-state index in [0.29, 0.717) is 28.3 Å². The summed E-state index contributed by atoms with van der Waals surface area (Å²) in [6.45, 7) is 9.54. The Morgan fingerprint density at radius 2 is 1.52 bits per heavy atom. The predicted octanol–water partition coefficient (Wildman–Crippen LogP) is 3.20. The topological polar surface area (TPSA) is 77.8 Å². The van der Waals surface area contributed by atoms with Gasteiger partial charge in [0.25, 0.3) is 0 Å². The highest BCUT2D eigenvalue weighted by molar-refractivity contribution is 5.99. The number of ether oxygens (including phenoxy) is 2. The molecule has 1 aromatic rings. The summed E-state index contributed by atoms with van der Waals surface area (Å²) >= 11 is 0. The van der Waals surface area contributed by atoms with Crippen molar-refractivity contribution in [2.24, 2.45) is 0 Å². The molecule has 6 heteroatoms. The van der Waals surface area contributed by atoms with Gasteiger partial charge in [-0.3, -0.25) is 0 Å². The van der Waals surface area contributed by atoms with Gasteiger partial charge in [0.05, 0.1) is 30.3 Å². The van der Waals surface area contributed by atoms with Crippen LogP contribution in [0.25, 0.3) is 0 Å². The SMILES string of the molecule is CCOC(=O)C1=C(C)NC(C)=C(C(=O)OCC)C1c1ccc(CC)o1. The molecule has 136 valence electrons. The van der Waals surface area contributed by atoms with Crippen LogP contribution in [0.4, 0.5) is 0 Å². The number of hydrogen-bond donors (Lipinski definition) is 1. The van der Waals surface area contributed by atoms with Crippen LogP contribution in [-0.4, -0.2) is 25.2 Å². The van der Waals surface area contributed by atoms with Gasteiger partial charge in [-0.15, -0.1) is 0 Å². The fourth-order valence-electron chi connectivity index (χ4n) is 2.98. The first-order valence-electron chi connectivity index (χ1n) is 8.55. The molecule has 1 aromatic heterocycles. The van der Waals surface area contributed by atoms with Gasteiger partial charge in [-0.25, -0.2) is 9.59 Å². The van der Waals surface area contributed by atoms with E-state index in [9.17, 15) is 9.59 Å². The Balaban J connectivity index is 2.59. The number of carbonyl (C=O) groups is 2. The maximum absolute atomic E-state index is 12.6. The molecule has 1 aliphatic heterocycles. The summed E-state index contributed by atoms with van der Waals surface area (Å²) in [5.74, 6) is -0.277.